The standard InChI is InChI=1S/C9H11N5OS/c1-5-12-7(10)2-8(13-5)11-3-6-4-16-9(15)14-6/h2,4H,3H2,1H3,(H,14,15)(H3,10,11,12,13). The number of rotatable bonds is 3. The summed E-state index contributed by atoms with van der Waals surface area (Å²) in [5, 5.41) is 4.83. The quantitative estimate of drug-likeness (QED) is 0.731. The third kappa shape index (κ3) is 2.57. The fourth-order valence-electron chi connectivity index (χ4n) is 1.27. The molecule has 0 fully saturated rings. The van der Waals surface area contributed by atoms with Crippen LogP contribution in [0.25, 0.3) is 0 Å². The number of nitrogens with two attached hydrogens (primary N) is 1. The summed E-state index contributed by atoms with van der Waals surface area (Å²) in [5.74, 6) is 1.69. The van der Waals surface area contributed by atoms with Crippen LogP contribution < -0.4 is 15.9 Å². The van der Waals surface area contributed by atoms with Crippen molar-refractivity contribution in [3.05, 3.63) is 32.6 Å². The van der Waals surface area contributed by atoms with Crippen molar-refractivity contribution in [2.75, 3.05) is 11.1 Å². The van der Waals surface area contributed by atoms with Gasteiger partial charge in [-0.1, -0.05) is 11.3 Å². The highest BCUT2D eigenvalue weighted by Crippen LogP contribution is 2.09. The smallest absolute Gasteiger partial charge is 0.304 e. The van der Waals surface area contributed by atoms with Crippen LogP contribution in [0.3, 0.4) is 0 Å². The Hall–Kier alpha value is -1.89. The Morgan fingerprint density at radius 1 is 1.56 bits per heavy atom. The maximum absolute atomic E-state index is 10.9. The molecule has 2 heterocycles. The van der Waals surface area contributed by atoms with Gasteiger partial charge in [0.1, 0.15) is 17.5 Å². The van der Waals surface area contributed by atoms with Crippen LogP contribution >= 0.6 is 11.3 Å². The van der Waals surface area contributed by atoms with E-state index in [0.717, 1.165) is 17.0 Å². The molecule has 0 bridgehead atoms. The molecule has 2 aromatic heterocycles. The second-order valence-corrected chi connectivity index (χ2v) is 4.09. The minimum atomic E-state index is -0.0600. The van der Waals surface area contributed by atoms with Crippen molar-refractivity contribution < 1.29 is 0 Å². The van der Waals surface area contributed by atoms with Crippen LogP contribution in [0.2, 0.25) is 0 Å². The molecule has 0 saturated carbocycles. The minimum Gasteiger partial charge on any atom is -0.384 e. The predicted octanol–water partition coefficient (Wildman–Crippen LogP) is 0.729. The normalized spacial score (nSPS) is 10.3. The highest BCUT2D eigenvalue weighted by molar-refractivity contribution is 7.07. The van der Waals surface area contributed by atoms with Gasteiger partial charge in [0.25, 0.3) is 0 Å². The maximum Gasteiger partial charge on any atom is 0.304 e. The summed E-state index contributed by atoms with van der Waals surface area (Å²) >= 11 is 1.14. The number of aromatic amines is 1. The summed E-state index contributed by atoms with van der Waals surface area (Å²) in [4.78, 5) is 21.7. The van der Waals surface area contributed by atoms with Gasteiger partial charge in [-0.2, -0.15) is 0 Å². The Bertz CT molecular complexity index is 527. The lowest BCUT2D eigenvalue weighted by Crippen LogP contribution is -2.06. The fourth-order valence-corrected chi connectivity index (χ4v) is 1.85. The van der Waals surface area contributed by atoms with Crippen molar-refractivity contribution in [1.29, 1.82) is 0 Å². The number of nitrogens with one attached hydrogen (secondary N) is 2. The van der Waals surface area contributed by atoms with E-state index in [-0.39, 0.29) is 4.87 Å². The van der Waals surface area contributed by atoms with Crippen molar-refractivity contribution in [1.82, 2.24) is 15.0 Å². The molecule has 4 N–H and O–H groups in total. The van der Waals surface area contributed by atoms with Crippen LogP contribution in [0.4, 0.5) is 11.6 Å². The molecule has 0 unspecified atom stereocenters. The van der Waals surface area contributed by atoms with Crippen molar-refractivity contribution in [2.45, 2.75) is 13.5 Å². The van der Waals surface area contributed by atoms with Crippen LogP contribution in [0.5, 0.6) is 0 Å². The van der Waals surface area contributed by atoms with Crippen LogP contribution in [-0.4, -0.2) is 15.0 Å². The molecule has 0 spiro atoms. The van der Waals surface area contributed by atoms with Gasteiger partial charge in [0, 0.05) is 17.1 Å². The molecule has 2 rings (SSSR count). The van der Waals surface area contributed by atoms with Crippen molar-refractivity contribution >= 4 is 23.0 Å². The van der Waals surface area contributed by atoms with Crippen LogP contribution in [-0.2, 0) is 6.54 Å². The largest absolute Gasteiger partial charge is 0.384 e. The Morgan fingerprint density at radius 3 is 3.00 bits per heavy atom. The lowest BCUT2D eigenvalue weighted by molar-refractivity contribution is 1.00. The molecule has 0 saturated heterocycles. The van der Waals surface area contributed by atoms with E-state index in [1.54, 1.807) is 18.4 Å². The van der Waals surface area contributed by atoms with Crippen molar-refractivity contribution in [3.8, 4) is 0 Å². The zero-order valence-electron chi connectivity index (χ0n) is 8.65. The Balaban J connectivity index is 2.07. The molecule has 6 nitrogen and oxygen atoms in total. The van der Waals surface area contributed by atoms with Gasteiger partial charge >= 0.3 is 4.87 Å². The third-order valence-corrected chi connectivity index (χ3v) is 2.61. The van der Waals surface area contributed by atoms with Gasteiger partial charge in [-0.05, 0) is 6.92 Å². The lowest BCUT2D eigenvalue weighted by atomic mass is 10.4. The summed E-state index contributed by atoms with van der Waals surface area (Å²) in [6.45, 7) is 2.28. The van der Waals surface area contributed by atoms with Gasteiger partial charge in [0.2, 0.25) is 0 Å². The summed E-state index contributed by atoms with van der Waals surface area (Å²) in [6.07, 6.45) is 0. The summed E-state index contributed by atoms with van der Waals surface area (Å²) in [6, 6.07) is 1.65. The Morgan fingerprint density at radius 2 is 2.38 bits per heavy atom. The van der Waals surface area contributed by atoms with E-state index >= 15 is 0 Å². The second-order valence-electron chi connectivity index (χ2n) is 3.25. The first-order valence-electron chi connectivity index (χ1n) is 4.65. The van der Waals surface area contributed by atoms with E-state index in [9.17, 15) is 4.79 Å². The molecular formula is C9H11N5OS. The van der Waals surface area contributed by atoms with E-state index in [2.05, 4.69) is 20.3 Å². The molecule has 0 amide bonds. The molecule has 0 atom stereocenters. The molecular weight excluding hydrogens is 226 g/mol. The molecule has 0 aliphatic rings. The molecule has 7 heteroatoms. The highest BCUT2D eigenvalue weighted by atomic mass is 32.1. The Kier molecular flexibility index (Phi) is 2.86. The van der Waals surface area contributed by atoms with Gasteiger partial charge in [-0.15, -0.1) is 0 Å². The zero-order chi connectivity index (χ0) is 11.5. The number of hydrogen-bond acceptors (Lipinski definition) is 6. The molecule has 84 valence electrons. The van der Waals surface area contributed by atoms with Crippen LogP contribution in [0.15, 0.2) is 16.2 Å². The SMILES string of the molecule is Cc1nc(N)cc(NCc2csc(=O)[nH]2)n1. The third-order valence-electron chi connectivity index (χ3n) is 1.89. The van der Waals surface area contributed by atoms with Crippen molar-refractivity contribution in [2.24, 2.45) is 0 Å². The first-order chi connectivity index (χ1) is 7.63. The molecule has 2 aromatic rings. The van der Waals surface area contributed by atoms with Gasteiger partial charge in [-0.25, -0.2) is 9.97 Å². The number of aryl methyl sites for hydroxylation is 1. The number of anilines is 2. The summed E-state index contributed by atoms with van der Waals surface area (Å²) in [5.41, 5.74) is 6.41. The van der Waals surface area contributed by atoms with E-state index in [4.69, 9.17) is 5.73 Å². The van der Waals surface area contributed by atoms with E-state index in [1.807, 2.05) is 0 Å². The average molecular weight is 237 g/mol. The maximum atomic E-state index is 10.9. The number of aromatic nitrogens is 3. The van der Waals surface area contributed by atoms with E-state index in [0.29, 0.717) is 24.0 Å². The highest BCUT2D eigenvalue weighted by Gasteiger charge is 2.00. The van der Waals surface area contributed by atoms with E-state index < -0.39 is 0 Å². The summed E-state index contributed by atoms with van der Waals surface area (Å²) < 4.78 is 0. The zero-order valence-corrected chi connectivity index (χ0v) is 9.47. The number of thiazole rings is 1. The number of hydrogen-bond donors (Lipinski definition) is 3. The molecule has 0 aromatic carbocycles. The van der Waals surface area contributed by atoms with Crippen molar-refractivity contribution in [3.63, 3.8) is 0 Å². The molecule has 0 aliphatic heterocycles. The number of nitrogen functional groups attached to an aromatic ring is 1. The molecule has 0 aliphatic carbocycles. The monoisotopic (exact) mass is 237 g/mol. The first kappa shape index (κ1) is 10.6. The average Bonchev–Trinajstić information content (AvgIpc) is 2.60. The first-order valence-corrected chi connectivity index (χ1v) is 5.53. The predicted molar refractivity (Wildman–Crippen MR) is 63.4 cm³/mol. The number of nitrogens with zero attached hydrogens (tertiary/aromatic N) is 2. The second kappa shape index (κ2) is 4.31. The molecule has 16 heavy (non-hydrogen) atoms. The number of H-pyrrole nitrogens is 1. The van der Waals surface area contributed by atoms with Crippen LogP contribution in [0, 0.1) is 6.92 Å². The van der Waals surface area contributed by atoms with E-state index in [1.165, 1.54) is 0 Å². The lowest BCUT2D eigenvalue weighted by Gasteiger charge is -2.05. The minimum absolute atomic E-state index is 0.0600. The topological polar surface area (TPSA) is 96.7 Å². The molecule has 0 radical (unpaired) electrons. The van der Waals surface area contributed by atoms with Gasteiger partial charge in [0.05, 0.1) is 6.54 Å². The summed E-state index contributed by atoms with van der Waals surface area (Å²) in [7, 11) is 0. The van der Waals surface area contributed by atoms with Gasteiger partial charge < -0.3 is 16.0 Å². The Labute approximate surface area is 95.6 Å². The fraction of sp³-hybridized carbons (Fsp3) is 0.222. The van der Waals surface area contributed by atoms with Crippen LogP contribution in [0.1, 0.15) is 11.5 Å². The van der Waals surface area contributed by atoms with Gasteiger partial charge in [-0.3, -0.25) is 4.79 Å². The van der Waals surface area contributed by atoms with Gasteiger partial charge in [0.15, 0.2) is 0 Å².